The van der Waals surface area contributed by atoms with Crippen molar-refractivity contribution in [1.29, 1.82) is 0 Å². The maximum absolute atomic E-state index is 13.5. The summed E-state index contributed by atoms with van der Waals surface area (Å²) in [6, 6.07) is 0. The van der Waals surface area contributed by atoms with E-state index in [1.54, 1.807) is 0 Å². The second-order valence-electron chi connectivity index (χ2n) is 6.85. The third kappa shape index (κ3) is 4.81. The molecule has 4 nitrogen and oxygen atoms in total. The Bertz CT molecular complexity index is 682. The summed E-state index contributed by atoms with van der Waals surface area (Å²) in [5.41, 5.74) is 0. The molecule has 1 N–H and O–H groups in total. The number of quaternary nitrogens is 1. The quantitative estimate of drug-likeness (QED) is 0.203. The Balaban J connectivity index is 6.07. The first-order valence-electron chi connectivity index (χ1n) is 7.79. The zero-order valence-electron chi connectivity index (χ0n) is 15.6. The van der Waals surface area contributed by atoms with Gasteiger partial charge in [-0.2, -0.15) is 65.9 Å². The molecule has 0 aliphatic rings. The first kappa shape index (κ1) is 30.3. The molecule has 0 aromatic rings. The van der Waals surface area contributed by atoms with E-state index >= 15 is 0 Å². The number of halogens is 15. The van der Waals surface area contributed by atoms with Crippen molar-refractivity contribution in [3.05, 3.63) is 5.21 Å². The molecule has 0 bridgehead atoms. The van der Waals surface area contributed by atoms with Crippen LogP contribution in [-0.4, -0.2) is 79.4 Å². The average molecular weight is 514 g/mol. The van der Waals surface area contributed by atoms with E-state index in [1.165, 1.54) is 0 Å². The van der Waals surface area contributed by atoms with Crippen molar-refractivity contribution in [2.45, 2.75) is 48.1 Å². The molecule has 1 amide bonds. The van der Waals surface area contributed by atoms with Crippen LogP contribution in [0.25, 0.3) is 0 Å². The monoisotopic (exact) mass is 514 g/mol. The number of nitrogens with zero attached hydrogens (tertiary/aromatic N) is 1. The minimum absolute atomic E-state index is 0.491. The van der Waals surface area contributed by atoms with Crippen LogP contribution in [-0.2, 0) is 4.79 Å². The van der Waals surface area contributed by atoms with Crippen LogP contribution < -0.4 is 5.32 Å². The van der Waals surface area contributed by atoms with E-state index < -0.39 is 71.8 Å². The first-order chi connectivity index (χ1) is 13.6. The number of hydrogen-bond acceptors (Lipinski definition) is 2. The Morgan fingerprint density at radius 3 is 1.38 bits per heavy atom. The zero-order chi connectivity index (χ0) is 26.4. The Labute approximate surface area is 168 Å². The zero-order valence-corrected chi connectivity index (χ0v) is 15.6. The van der Waals surface area contributed by atoms with Gasteiger partial charge in [0.25, 0.3) is 5.91 Å². The van der Waals surface area contributed by atoms with Gasteiger partial charge in [0.2, 0.25) is 0 Å². The number of nitrogens with one attached hydrogen (secondary N) is 1. The minimum atomic E-state index is -8.45. The Hall–Kier alpha value is -1.66. The number of amides is 1. The lowest BCUT2D eigenvalue weighted by molar-refractivity contribution is -0.840. The molecule has 0 saturated heterocycles. The molecule has 192 valence electrons. The fourth-order valence-corrected chi connectivity index (χ4v) is 1.88. The standard InChI is InChI=1S/C13H13F15N2O2/c1-30(2,32)5-3-4-29-6(31)7(14,15)8(16,17)9(18,19)10(20,21)11(22,23)12(24,25)13(26,27)28/h3-5H2,1-2H3,(H,29,31). The highest BCUT2D eigenvalue weighted by Crippen LogP contribution is 2.62. The van der Waals surface area contributed by atoms with Crippen molar-refractivity contribution in [2.75, 3.05) is 27.2 Å². The van der Waals surface area contributed by atoms with Crippen LogP contribution in [0.3, 0.4) is 0 Å². The molecule has 32 heavy (non-hydrogen) atoms. The molecular formula is C13H13F15N2O2. The van der Waals surface area contributed by atoms with E-state index in [0.29, 0.717) is 0 Å². The summed E-state index contributed by atoms with van der Waals surface area (Å²) in [5, 5.41) is 12.0. The fourth-order valence-electron chi connectivity index (χ4n) is 1.88. The number of carbonyl (C=O) groups is 1. The molecule has 0 atom stereocenters. The maximum atomic E-state index is 13.5. The minimum Gasteiger partial charge on any atom is -0.633 e. The smallest absolute Gasteiger partial charge is 0.460 e. The Morgan fingerprint density at radius 1 is 0.688 bits per heavy atom. The Morgan fingerprint density at radius 2 is 1.03 bits per heavy atom. The van der Waals surface area contributed by atoms with Gasteiger partial charge >= 0.3 is 41.7 Å². The summed E-state index contributed by atoms with van der Waals surface area (Å²) >= 11 is 0. The summed E-state index contributed by atoms with van der Waals surface area (Å²) in [6.45, 7) is -1.62. The number of hydrogen-bond donors (Lipinski definition) is 1. The first-order valence-corrected chi connectivity index (χ1v) is 7.79. The molecule has 0 heterocycles. The molecule has 0 aromatic carbocycles. The second kappa shape index (κ2) is 8.28. The second-order valence-corrected chi connectivity index (χ2v) is 6.85. The van der Waals surface area contributed by atoms with Crippen molar-refractivity contribution >= 4 is 5.91 Å². The molecule has 0 spiro atoms. The normalized spacial score (nSPS) is 15.7. The number of alkyl halides is 15. The third-order valence-electron chi connectivity index (χ3n) is 3.77. The summed E-state index contributed by atoms with van der Waals surface area (Å²) < 4.78 is 193. The van der Waals surface area contributed by atoms with Crippen molar-refractivity contribution in [2.24, 2.45) is 0 Å². The molecule has 0 aliphatic carbocycles. The molecule has 0 aliphatic heterocycles. The maximum Gasteiger partial charge on any atom is 0.460 e. The highest BCUT2D eigenvalue weighted by Gasteiger charge is 2.94. The summed E-state index contributed by atoms with van der Waals surface area (Å²) in [5.74, 6) is -51.6. The van der Waals surface area contributed by atoms with E-state index in [9.17, 15) is 75.9 Å². The van der Waals surface area contributed by atoms with Crippen LogP contribution in [0.2, 0.25) is 0 Å². The molecule has 0 fully saturated rings. The van der Waals surface area contributed by atoms with Crippen LogP contribution in [0, 0.1) is 5.21 Å². The van der Waals surface area contributed by atoms with Crippen molar-refractivity contribution < 1.29 is 75.3 Å². The molecule has 0 saturated carbocycles. The van der Waals surface area contributed by atoms with E-state index in [1.807, 2.05) is 0 Å². The van der Waals surface area contributed by atoms with E-state index in [-0.39, 0.29) is 0 Å². The van der Waals surface area contributed by atoms with Gasteiger partial charge < -0.3 is 15.2 Å². The molecule has 0 unspecified atom stereocenters. The van der Waals surface area contributed by atoms with Crippen LogP contribution in [0.5, 0.6) is 0 Å². The van der Waals surface area contributed by atoms with Gasteiger partial charge in [0.15, 0.2) is 0 Å². The summed E-state index contributed by atoms with van der Waals surface area (Å²) in [7, 11) is 1.95. The van der Waals surface area contributed by atoms with Crippen LogP contribution in [0.15, 0.2) is 0 Å². The number of carbonyl (C=O) groups excluding carboxylic acids is 1. The van der Waals surface area contributed by atoms with Gasteiger partial charge in [-0.15, -0.1) is 0 Å². The molecular weight excluding hydrogens is 501 g/mol. The number of rotatable bonds is 10. The molecule has 0 rings (SSSR count). The predicted molar refractivity (Wildman–Crippen MR) is 73.7 cm³/mol. The summed E-state index contributed by atoms with van der Waals surface area (Å²) in [4.78, 5) is 11.1. The van der Waals surface area contributed by atoms with E-state index in [2.05, 4.69) is 0 Å². The average Bonchev–Trinajstić information content (AvgIpc) is 2.55. The van der Waals surface area contributed by atoms with Gasteiger partial charge in [0.05, 0.1) is 20.6 Å². The SMILES string of the molecule is C[N+](C)([O-])CCCNC(=O)C(F)(F)C(F)(F)C(F)(F)C(F)(F)C(F)(F)C(F)(F)C(F)(F)F. The number of hydroxylamine groups is 3. The summed E-state index contributed by atoms with van der Waals surface area (Å²) in [6.07, 6.45) is -8.27. The Kier molecular flexibility index (Phi) is 7.85. The molecule has 19 heteroatoms. The van der Waals surface area contributed by atoms with Crippen molar-refractivity contribution in [3.8, 4) is 0 Å². The van der Waals surface area contributed by atoms with Crippen LogP contribution in [0.4, 0.5) is 65.9 Å². The third-order valence-corrected chi connectivity index (χ3v) is 3.77. The predicted octanol–water partition coefficient (Wildman–Crippen LogP) is 4.44. The lowest BCUT2D eigenvalue weighted by Gasteiger charge is -2.41. The van der Waals surface area contributed by atoms with Gasteiger partial charge in [0, 0.05) is 13.0 Å². The molecule has 0 radical (unpaired) electrons. The lowest BCUT2D eigenvalue weighted by atomic mass is 9.91. The molecule has 0 aromatic heterocycles. The van der Waals surface area contributed by atoms with Gasteiger partial charge in [-0.25, -0.2) is 0 Å². The topological polar surface area (TPSA) is 52.2 Å². The van der Waals surface area contributed by atoms with Gasteiger partial charge in [0.1, 0.15) is 0 Å². The largest absolute Gasteiger partial charge is 0.633 e. The van der Waals surface area contributed by atoms with E-state index in [4.69, 9.17) is 0 Å². The van der Waals surface area contributed by atoms with Gasteiger partial charge in [-0.3, -0.25) is 4.79 Å². The van der Waals surface area contributed by atoms with E-state index in [0.717, 1.165) is 19.4 Å². The highest BCUT2D eigenvalue weighted by molar-refractivity contribution is 5.84. The van der Waals surface area contributed by atoms with Crippen LogP contribution in [0.1, 0.15) is 6.42 Å². The lowest BCUT2D eigenvalue weighted by Crippen LogP contribution is -2.74. The van der Waals surface area contributed by atoms with Crippen molar-refractivity contribution in [3.63, 3.8) is 0 Å². The van der Waals surface area contributed by atoms with Gasteiger partial charge in [-0.1, -0.05) is 0 Å². The van der Waals surface area contributed by atoms with Crippen molar-refractivity contribution in [1.82, 2.24) is 5.32 Å². The fraction of sp³-hybridized carbons (Fsp3) is 0.923. The van der Waals surface area contributed by atoms with Crippen LogP contribution >= 0.6 is 0 Å². The van der Waals surface area contributed by atoms with Gasteiger partial charge in [-0.05, 0) is 0 Å². The highest BCUT2D eigenvalue weighted by atomic mass is 19.4.